The molecule has 2 heterocycles. The molecule has 1 N–H and O–H groups in total. The Labute approximate surface area is 201 Å². The van der Waals surface area contributed by atoms with E-state index in [1.165, 1.54) is 23.5 Å². The van der Waals surface area contributed by atoms with Gasteiger partial charge in [-0.1, -0.05) is 48.6 Å². The molecule has 0 spiro atoms. The summed E-state index contributed by atoms with van der Waals surface area (Å²) in [4.78, 5) is 20.7. The number of likely N-dealkylation sites (tertiary alicyclic amines) is 1. The van der Waals surface area contributed by atoms with Crippen molar-refractivity contribution in [1.29, 1.82) is 0 Å². The predicted molar refractivity (Wildman–Crippen MR) is 133 cm³/mol. The molecular weight excluding hydrogens is 460 g/mol. The first-order valence-corrected chi connectivity index (χ1v) is 12.1. The lowest BCUT2D eigenvalue weighted by Crippen LogP contribution is -2.35. The number of aromatic nitrogens is 1. The van der Waals surface area contributed by atoms with Gasteiger partial charge in [0, 0.05) is 48.1 Å². The summed E-state index contributed by atoms with van der Waals surface area (Å²) in [6.07, 6.45) is 1.92. The van der Waals surface area contributed by atoms with Gasteiger partial charge in [-0.2, -0.15) is 0 Å². The molecule has 0 saturated carbocycles. The van der Waals surface area contributed by atoms with Crippen LogP contribution < -0.4 is 5.32 Å². The molecule has 4 nitrogen and oxygen atoms in total. The molecule has 172 valence electrons. The highest BCUT2D eigenvalue weighted by molar-refractivity contribution is 7.80. The Morgan fingerprint density at radius 1 is 1.18 bits per heavy atom. The minimum atomic E-state index is -2.94. The van der Waals surface area contributed by atoms with Crippen LogP contribution in [-0.4, -0.2) is 33.9 Å². The number of alkyl halides is 2. The number of piperidine rings is 1. The topological polar surface area (TPSA) is 45.2 Å². The molecule has 4 rings (SSSR count). The van der Waals surface area contributed by atoms with E-state index < -0.39 is 5.92 Å². The summed E-state index contributed by atoms with van der Waals surface area (Å²) in [5, 5.41) is 5.66. The Balaban J connectivity index is 1.50. The van der Waals surface area contributed by atoms with Crippen LogP contribution in [-0.2, 0) is 5.92 Å². The molecule has 0 radical (unpaired) electrons. The summed E-state index contributed by atoms with van der Waals surface area (Å²) < 4.78 is 27.6. The number of thiocarbonyl (C=S) groups is 1. The van der Waals surface area contributed by atoms with E-state index in [9.17, 15) is 13.6 Å². The smallest absolute Gasteiger partial charge is 0.275 e. The molecule has 0 atom stereocenters. The van der Waals surface area contributed by atoms with Gasteiger partial charge in [0.1, 0.15) is 5.69 Å². The zero-order chi connectivity index (χ0) is 23.6. The lowest BCUT2D eigenvalue weighted by molar-refractivity contribution is 0.0175. The van der Waals surface area contributed by atoms with Gasteiger partial charge in [-0.25, -0.2) is 13.8 Å². The van der Waals surface area contributed by atoms with Gasteiger partial charge in [-0.05, 0) is 37.5 Å². The Morgan fingerprint density at radius 2 is 1.91 bits per heavy atom. The molecule has 1 aromatic heterocycles. The molecule has 0 unspecified atom stereocenters. The Kier molecular flexibility index (Phi) is 6.86. The van der Waals surface area contributed by atoms with Crippen molar-refractivity contribution in [1.82, 2.24) is 9.88 Å². The van der Waals surface area contributed by atoms with E-state index in [0.29, 0.717) is 28.4 Å². The quantitative estimate of drug-likeness (QED) is 0.409. The summed E-state index contributed by atoms with van der Waals surface area (Å²) in [5.41, 5.74) is 2.14. The third kappa shape index (κ3) is 5.45. The number of halogens is 2. The van der Waals surface area contributed by atoms with E-state index in [1.807, 2.05) is 13.0 Å². The van der Waals surface area contributed by atoms with Crippen LogP contribution in [0.15, 0.2) is 53.9 Å². The van der Waals surface area contributed by atoms with E-state index in [-0.39, 0.29) is 11.5 Å². The number of thiazole rings is 1. The molecule has 3 aromatic rings. The second-order valence-corrected chi connectivity index (χ2v) is 9.80. The van der Waals surface area contributed by atoms with Crippen molar-refractivity contribution in [3.05, 3.63) is 70.2 Å². The monoisotopic (exact) mass is 485 g/mol. The third-order valence-electron chi connectivity index (χ3n) is 5.90. The van der Waals surface area contributed by atoms with E-state index in [1.54, 1.807) is 35.7 Å². The van der Waals surface area contributed by atoms with Crippen molar-refractivity contribution in [3.63, 3.8) is 0 Å². The van der Waals surface area contributed by atoms with Crippen LogP contribution in [0.4, 0.5) is 14.5 Å². The average molecular weight is 486 g/mol. The highest BCUT2D eigenvalue weighted by Crippen LogP contribution is 2.34. The first-order valence-electron chi connectivity index (χ1n) is 10.8. The third-order valence-corrected chi connectivity index (χ3v) is 7.17. The first kappa shape index (κ1) is 23.4. The molecule has 1 aliphatic rings. The van der Waals surface area contributed by atoms with E-state index in [0.717, 1.165) is 42.9 Å². The van der Waals surface area contributed by atoms with Crippen LogP contribution >= 0.6 is 23.6 Å². The number of amides is 1. The van der Waals surface area contributed by atoms with Gasteiger partial charge in [0.05, 0.1) is 10.00 Å². The zero-order valence-corrected chi connectivity index (χ0v) is 20.1. The van der Waals surface area contributed by atoms with Crippen molar-refractivity contribution in [3.8, 4) is 11.1 Å². The summed E-state index contributed by atoms with van der Waals surface area (Å²) in [6.45, 7) is 4.64. The molecule has 1 amide bonds. The molecule has 8 heteroatoms. The number of rotatable bonds is 5. The van der Waals surface area contributed by atoms with E-state index >= 15 is 0 Å². The fourth-order valence-electron chi connectivity index (χ4n) is 4.01. The fraction of sp³-hybridized carbons (Fsp3) is 0.320. The van der Waals surface area contributed by atoms with Gasteiger partial charge in [0.2, 0.25) is 0 Å². The molecule has 2 aromatic carbocycles. The zero-order valence-electron chi connectivity index (χ0n) is 18.5. The van der Waals surface area contributed by atoms with Gasteiger partial charge in [0.15, 0.2) is 0 Å². The number of benzene rings is 2. The van der Waals surface area contributed by atoms with Crippen LogP contribution in [0.1, 0.15) is 53.7 Å². The molecule has 0 bridgehead atoms. The Bertz CT molecular complexity index is 1160. The minimum Gasteiger partial charge on any atom is -0.366 e. The van der Waals surface area contributed by atoms with Crippen LogP contribution in [0.25, 0.3) is 11.1 Å². The maximum absolute atomic E-state index is 13.8. The molecule has 1 aliphatic heterocycles. The SMILES string of the molecule is CC(=S)N1CCC(c2nc(C(=O)Nc3ccccc3-c3cccc(C(C)(F)F)c3)cs2)CC1. The maximum Gasteiger partial charge on any atom is 0.275 e. The average Bonchev–Trinajstić information content (AvgIpc) is 3.30. The van der Waals surface area contributed by atoms with Crippen LogP contribution in [0.5, 0.6) is 0 Å². The van der Waals surface area contributed by atoms with Crippen molar-refractivity contribution in [2.24, 2.45) is 0 Å². The van der Waals surface area contributed by atoms with Crippen LogP contribution in [0.3, 0.4) is 0 Å². The Hall–Kier alpha value is -2.71. The normalized spacial score (nSPS) is 14.8. The summed E-state index contributed by atoms with van der Waals surface area (Å²) in [6, 6.07) is 13.4. The number of para-hydroxylation sites is 1. The van der Waals surface area contributed by atoms with Gasteiger partial charge in [0.25, 0.3) is 11.8 Å². The highest BCUT2D eigenvalue weighted by Gasteiger charge is 2.26. The van der Waals surface area contributed by atoms with Crippen LogP contribution in [0.2, 0.25) is 0 Å². The number of anilines is 1. The highest BCUT2D eigenvalue weighted by atomic mass is 32.1. The summed E-state index contributed by atoms with van der Waals surface area (Å²) in [5.74, 6) is -2.93. The van der Waals surface area contributed by atoms with Crippen molar-refractivity contribution < 1.29 is 13.6 Å². The van der Waals surface area contributed by atoms with Crippen LogP contribution in [0, 0.1) is 0 Å². The lowest BCUT2D eigenvalue weighted by atomic mass is 9.97. The number of carbonyl (C=O) groups is 1. The number of nitrogens with zero attached hydrogens (tertiary/aromatic N) is 2. The summed E-state index contributed by atoms with van der Waals surface area (Å²) >= 11 is 6.77. The standard InChI is InChI=1S/C25H25F2N3OS2/c1-16(32)30-12-10-17(11-13-30)24-29-22(15-33-24)23(31)28-21-9-4-3-8-20(21)18-6-5-7-19(14-18)25(2,26)27/h3-9,14-15,17H,10-13H2,1-2H3,(H,28,31). The largest absolute Gasteiger partial charge is 0.366 e. The van der Waals surface area contributed by atoms with Crippen molar-refractivity contribution in [2.45, 2.75) is 38.5 Å². The van der Waals surface area contributed by atoms with Crippen molar-refractivity contribution in [2.75, 3.05) is 18.4 Å². The van der Waals surface area contributed by atoms with Gasteiger partial charge >= 0.3 is 0 Å². The second-order valence-electron chi connectivity index (χ2n) is 8.32. The fourth-order valence-corrected chi connectivity index (χ4v) is 5.16. The number of carbonyl (C=O) groups excluding carboxylic acids is 1. The number of hydrogen-bond acceptors (Lipinski definition) is 4. The number of nitrogens with one attached hydrogen (secondary N) is 1. The molecular formula is C25H25F2N3OS2. The van der Waals surface area contributed by atoms with Gasteiger partial charge in [-0.15, -0.1) is 11.3 Å². The maximum atomic E-state index is 13.8. The first-order chi connectivity index (χ1) is 15.7. The van der Waals surface area contributed by atoms with Gasteiger partial charge < -0.3 is 10.2 Å². The molecule has 1 fully saturated rings. The van der Waals surface area contributed by atoms with Gasteiger partial charge in [-0.3, -0.25) is 4.79 Å². The molecule has 1 saturated heterocycles. The Morgan fingerprint density at radius 3 is 2.61 bits per heavy atom. The number of hydrogen-bond donors (Lipinski definition) is 1. The molecule has 0 aliphatic carbocycles. The molecule has 33 heavy (non-hydrogen) atoms. The van der Waals surface area contributed by atoms with E-state index in [4.69, 9.17) is 12.2 Å². The minimum absolute atomic E-state index is 0.0693. The second kappa shape index (κ2) is 9.65. The van der Waals surface area contributed by atoms with Crippen molar-refractivity contribution >= 4 is 40.1 Å². The summed E-state index contributed by atoms with van der Waals surface area (Å²) in [7, 11) is 0. The van der Waals surface area contributed by atoms with E-state index in [2.05, 4.69) is 15.2 Å². The lowest BCUT2D eigenvalue weighted by Gasteiger charge is -2.31. The predicted octanol–water partition coefficient (Wildman–Crippen LogP) is 6.70.